The molecular formula is C5H14O7P2. The van der Waals surface area contributed by atoms with Gasteiger partial charge >= 0.3 is 15.6 Å². The number of phosphoric ester groups is 1. The Hall–Kier alpha value is 0.260. The minimum Gasteiger partial charge on any atom is -0.302 e. The van der Waals surface area contributed by atoms with Gasteiger partial charge in [0.15, 0.2) is 0 Å². The molecule has 0 saturated heterocycles. The Labute approximate surface area is 83.3 Å². The molecule has 0 bridgehead atoms. The number of phosphoric acid groups is 2. The molecule has 0 fully saturated rings. The minimum absolute atomic E-state index is 0.0194. The predicted octanol–water partition coefficient (Wildman–Crippen LogP) is 1.40. The van der Waals surface area contributed by atoms with Crippen LogP contribution < -0.4 is 0 Å². The van der Waals surface area contributed by atoms with Gasteiger partial charge < -0.3 is 14.7 Å². The van der Waals surface area contributed by atoms with Gasteiger partial charge in [0.2, 0.25) is 0 Å². The molecule has 7 nitrogen and oxygen atoms in total. The molecular weight excluding hydrogens is 234 g/mol. The maximum atomic E-state index is 11.0. The summed E-state index contributed by atoms with van der Waals surface area (Å²) in [4.78, 5) is 25.6. The number of hydrogen-bond donors (Lipinski definition) is 3. The van der Waals surface area contributed by atoms with Crippen molar-refractivity contribution in [2.75, 3.05) is 0 Å². The van der Waals surface area contributed by atoms with Crippen LogP contribution in [0.25, 0.3) is 0 Å². The lowest BCUT2D eigenvalue weighted by Crippen LogP contribution is -2.09. The Morgan fingerprint density at radius 3 is 2.29 bits per heavy atom. The highest BCUT2D eigenvalue weighted by atomic mass is 31.3. The lowest BCUT2D eigenvalue weighted by atomic mass is 10.2. The third-order valence-electron chi connectivity index (χ3n) is 1.27. The molecule has 2 atom stereocenters. The van der Waals surface area contributed by atoms with Crippen LogP contribution >= 0.6 is 15.6 Å². The van der Waals surface area contributed by atoms with Gasteiger partial charge in [0.1, 0.15) is 0 Å². The van der Waals surface area contributed by atoms with Crippen molar-refractivity contribution in [1.29, 1.82) is 0 Å². The molecule has 0 aromatic heterocycles. The topological polar surface area (TPSA) is 113 Å². The first-order chi connectivity index (χ1) is 6.70. The van der Waals surface area contributed by atoms with E-state index in [1.54, 1.807) is 6.92 Å². The summed E-state index contributed by atoms with van der Waals surface area (Å²) < 4.78 is 36.3. The highest BCUT2D eigenvalue weighted by Gasteiger charge is 2.34. The van der Waals surface area contributed by atoms with Crippen LogP contribution in [0.4, 0.5) is 0 Å². The van der Waals surface area contributed by atoms with Crippen molar-refractivity contribution in [2.24, 2.45) is 0 Å². The van der Waals surface area contributed by atoms with Gasteiger partial charge in [-0.1, -0.05) is 13.8 Å². The number of rotatable bonds is 6. The van der Waals surface area contributed by atoms with Gasteiger partial charge in [0, 0.05) is 1.37 Å². The molecule has 0 aliphatic rings. The summed E-state index contributed by atoms with van der Waals surface area (Å²) in [5.74, 6) is 0. The van der Waals surface area contributed by atoms with E-state index in [-0.39, 0.29) is 13.3 Å². The highest BCUT2D eigenvalue weighted by Crippen LogP contribution is 2.58. The van der Waals surface area contributed by atoms with Crippen molar-refractivity contribution in [3.63, 3.8) is 0 Å². The maximum Gasteiger partial charge on any atom is 0.481 e. The Morgan fingerprint density at radius 1 is 1.36 bits per heavy atom. The predicted molar refractivity (Wildman–Crippen MR) is 48.4 cm³/mol. The molecule has 0 rings (SSSR count). The van der Waals surface area contributed by atoms with Crippen LogP contribution in [-0.4, -0.2) is 20.8 Å². The van der Waals surface area contributed by atoms with Gasteiger partial charge in [-0.15, -0.1) is 0 Å². The molecule has 0 heterocycles. The van der Waals surface area contributed by atoms with Crippen LogP contribution in [0.1, 0.15) is 28.0 Å². The third kappa shape index (κ3) is 6.68. The summed E-state index contributed by atoms with van der Waals surface area (Å²) in [6.07, 6.45) is -0.204. The SMILES string of the molecule is [2H]CCC(CC)OP(=O)(O)OP(=O)(O)O. The zero-order valence-electron chi connectivity index (χ0n) is 8.57. The molecule has 3 N–H and O–H groups in total. The van der Waals surface area contributed by atoms with E-state index in [2.05, 4.69) is 8.83 Å². The maximum absolute atomic E-state index is 11.0. The molecule has 0 aliphatic heterocycles. The van der Waals surface area contributed by atoms with Crippen LogP contribution in [-0.2, 0) is 18.0 Å². The first-order valence-corrected chi connectivity index (χ1v) is 6.80. The van der Waals surface area contributed by atoms with Crippen LogP contribution in [0.15, 0.2) is 0 Å². The second kappa shape index (κ2) is 5.37. The first-order valence-electron chi connectivity index (χ1n) is 4.48. The second-order valence-corrected chi connectivity index (χ2v) is 5.25. The van der Waals surface area contributed by atoms with E-state index >= 15 is 0 Å². The van der Waals surface area contributed by atoms with Crippen LogP contribution in [0.5, 0.6) is 0 Å². The molecule has 0 amide bonds. The van der Waals surface area contributed by atoms with Gasteiger partial charge in [-0.05, 0) is 12.8 Å². The molecule has 0 aromatic rings. The largest absolute Gasteiger partial charge is 0.481 e. The van der Waals surface area contributed by atoms with Gasteiger partial charge in [0.25, 0.3) is 0 Å². The Morgan fingerprint density at radius 2 is 1.93 bits per heavy atom. The van der Waals surface area contributed by atoms with Crippen LogP contribution in [0, 0.1) is 0 Å². The average molecular weight is 249 g/mol. The van der Waals surface area contributed by atoms with Gasteiger partial charge in [0.05, 0.1) is 6.10 Å². The monoisotopic (exact) mass is 249 g/mol. The molecule has 14 heavy (non-hydrogen) atoms. The lowest BCUT2D eigenvalue weighted by molar-refractivity contribution is 0.121. The highest BCUT2D eigenvalue weighted by molar-refractivity contribution is 7.60. The lowest BCUT2D eigenvalue weighted by Gasteiger charge is -2.17. The summed E-state index contributed by atoms with van der Waals surface area (Å²) in [7, 11) is -9.82. The fraction of sp³-hybridized carbons (Fsp3) is 1.00. The smallest absolute Gasteiger partial charge is 0.302 e. The van der Waals surface area contributed by atoms with Crippen LogP contribution in [0.3, 0.4) is 0 Å². The van der Waals surface area contributed by atoms with E-state index in [9.17, 15) is 9.13 Å². The molecule has 0 saturated carbocycles. The normalized spacial score (nSPS) is 19.9. The number of hydrogen-bond acceptors (Lipinski definition) is 4. The van der Waals surface area contributed by atoms with Gasteiger partial charge in [-0.2, -0.15) is 4.31 Å². The second-order valence-electron chi connectivity index (χ2n) is 2.47. The molecule has 9 heteroatoms. The Balaban J connectivity index is 4.35. The van der Waals surface area contributed by atoms with E-state index in [1.165, 1.54) is 0 Å². The molecule has 0 spiro atoms. The van der Waals surface area contributed by atoms with Crippen molar-refractivity contribution in [1.82, 2.24) is 0 Å². The van der Waals surface area contributed by atoms with Crippen LogP contribution in [0.2, 0.25) is 0 Å². The molecule has 2 unspecified atom stereocenters. The van der Waals surface area contributed by atoms with E-state index in [4.69, 9.17) is 16.1 Å². The molecule has 0 aromatic carbocycles. The summed E-state index contributed by atoms with van der Waals surface area (Å²) >= 11 is 0. The Kier molecular flexibility index (Phi) is 4.73. The average Bonchev–Trinajstić information content (AvgIpc) is 1.98. The van der Waals surface area contributed by atoms with Crippen molar-refractivity contribution < 1.29 is 34.0 Å². The van der Waals surface area contributed by atoms with Crippen molar-refractivity contribution in [3.05, 3.63) is 0 Å². The zero-order valence-corrected chi connectivity index (χ0v) is 9.36. The summed E-state index contributed by atoms with van der Waals surface area (Å²) in [6.45, 7) is 1.63. The van der Waals surface area contributed by atoms with Crippen molar-refractivity contribution in [2.45, 2.75) is 32.8 Å². The first kappa shape index (κ1) is 12.3. The third-order valence-corrected chi connectivity index (χ3v) is 3.51. The summed E-state index contributed by atoms with van der Waals surface area (Å²) in [6, 6.07) is 0. The van der Waals surface area contributed by atoms with E-state index in [1.807, 2.05) is 0 Å². The van der Waals surface area contributed by atoms with E-state index < -0.39 is 21.7 Å². The summed E-state index contributed by atoms with van der Waals surface area (Å²) in [5.41, 5.74) is 0. The molecule has 0 radical (unpaired) electrons. The summed E-state index contributed by atoms with van der Waals surface area (Å²) in [5, 5.41) is 0. The Bertz CT molecular complexity index is 277. The van der Waals surface area contributed by atoms with E-state index in [0.717, 1.165) is 0 Å². The fourth-order valence-electron chi connectivity index (χ4n) is 0.673. The fourth-order valence-corrected chi connectivity index (χ4v) is 2.53. The van der Waals surface area contributed by atoms with Gasteiger partial charge in [-0.3, -0.25) is 4.52 Å². The van der Waals surface area contributed by atoms with Gasteiger partial charge in [-0.25, -0.2) is 9.13 Å². The zero-order chi connectivity index (χ0) is 12.1. The molecule has 86 valence electrons. The minimum atomic E-state index is -5.06. The van der Waals surface area contributed by atoms with E-state index in [0.29, 0.717) is 6.42 Å². The standard InChI is InChI=1S/C5H14O7P2/c1-3-5(4-2)11-14(9,10)12-13(6,7)8/h5H,3-4H2,1-2H3,(H,9,10)(H2,6,7,8)/i1D. The quantitative estimate of drug-likeness (QED) is 0.609. The van der Waals surface area contributed by atoms with Crippen molar-refractivity contribution >= 4 is 15.6 Å². The van der Waals surface area contributed by atoms with Crippen molar-refractivity contribution in [3.8, 4) is 0 Å². The molecule has 0 aliphatic carbocycles.